The predicted molar refractivity (Wildman–Crippen MR) is 89.0 cm³/mol. The molecule has 1 N–H and O–H groups in total. The molecule has 0 spiro atoms. The highest BCUT2D eigenvalue weighted by Crippen LogP contribution is 2.59. The van der Waals surface area contributed by atoms with E-state index in [-0.39, 0.29) is 0 Å². The van der Waals surface area contributed by atoms with E-state index in [1.165, 1.54) is 32.1 Å². The Morgan fingerprint density at radius 1 is 1.14 bits per heavy atom. The van der Waals surface area contributed by atoms with Crippen LogP contribution in [0.25, 0.3) is 0 Å². The first-order valence-corrected chi connectivity index (χ1v) is 9.13. The number of hydrogen-bond donors (Lipinski definition) is 1. The molecule has 0 bridgehead atoms. The molecule has 0 heterocycles. The molecule has 21 heavy (non-hydrogen) atoms. The molecule has 3 aliphatic rings. The summed E-state index contributed by atoms with van der Waals surface area (Å²) < 4.78 is 0. The van der Waals surface area contributed by atoms with Crippen LogP contribution in [-0.2, 0) is 0 Å². The summed E-state index contributed by atoms with van der Waals surface area (Å²) in [5, 5.41) is 10.9. The van der Waals surface area contributed by atoms with Crippen molar-refractivity contribution in [2.24, 2.45) is 35.0 Å². The summed E-state index contributed by atoms with van der Waals surface area (Å²) >= 11 is 0. The van der Waals surface area contributed by atoms with Crippen LogP contribution in [0.1, 0.15) is 73.1 Å². The highest BCUT2D eigenvalue weighted by atomic mass is 16.3. The fourth-order valence-electron chi connectivity index (χ4n) is 6.05. The average molecular weight is 290 g/mol. The van der Waals surface area contributed by atoms with Gasteiger partial charge in [-0.1, -0.05) is 32.4 Å². The second-order valence-electron chi connectivity index (χ2n) is 9.20. The Morgan fingerprint density at radius 2 is 1.86 bits per heavy atom. The molecule has 0 aromatic heterocycles. The summed E-state index contributed by atoms with van der Waals surface area (Å²) in [5.74, 6) is 3.61. The highest BCUT2D eigenvalue weighted by molar-refractivity contribution is 5.16. The first kappa shape index (κ1) is 15.6. The number of rotatable bonds is 1. The van der Waals surface area contributed by atoms with Gasteiger partial charge in [-0.25, -0.2) is 0 Å². The molecule has 2 saturated carbocycles. The number of fused-ring (bicyclic) bond motifs is 2. The molecule has 2 fully saturated rings. The standard InChI is InChI=1S/C20H34O/c1-13(2)15-8-10-19(4)12-18-16(9-11-20(18,5)21)14(3)6-7-17(15)19/h6,13,15-18,21H,7-12H2,1-5H3/b14-6-. The van der Waals surface area contributed by atoms with E-state index < -0.39 is 5.60 Å². The van der Waals surface area contributed by atoms with Crippen LogP contribution in [0.4, 0.5) is 0 Å². The van der Waals surface area contributed by atoms with Crippen molar-refractivity contribution in [1.29, 1.82) is 0 Å². The lowest BCUT2D eigenvalue weighted by Crippen LogP contribution is -2.39. The molecule has 120 valence electrons. The van der Waals surface area contributed by atoms with Crippen molar-refractivity contribution in [1.82, 2.24) is 0 Å². The Balaban J connectivity index is 1.95. The van der Waals surface area contributed by atoms with Gasteiger partial charge in [0.15, 0.2) is 0 Å². The van der Waals surface area contributed by atoms with Gasteiger partial charge in [0.25, 0.3) is 0 Å². The average Bonchev–Trinajstić information content (AvgIpc) is 2.84. The summed E-state index contributed by atoms with van der Waals surface area (Å²) in [7, 11) is 0. The molecule has 0 radical (unpaired) electrons. The molecule has 3 rings (SSSR count). The van der Waals surface area contributed by atoms with Crippen molar-refractivity contribution in [3.63, 3.8) is 0 Å². The molecule has 1 heteroatoms. The lowest BCUT2D eigenvalue weighted by atomic mass is 9.63. The van der Waals surface area contributed by atoms with Crippen molar-refractivity contribution in [3.05, 3.63) is 11.6 Å². The van der Waals surface area contributed by atoms with Crippen molar-refractivity contribution in [2.75, 3.05) is 0 Å². The van der Waals surface area contributed by atoms with Gasteiger partial charge in [-0.3, -0.25) is 0 Å². The van der Waals surface area contributed by atoms with Crippen molar-refractivity contribution in [3.8, 4) is 0 Å². The van der Waals surface area contributed by atoms with Crippen LogP contribution in [0.3, 0.4) is 0 Å². The minimum atomic E-state index is -0.444. The Bertz CT molecular complexity index is 433. The van der Waals surface area contributed by atoms with Crippen molar-refractivity contribution in [2.45, 2.75) is 78.7 Å². The van der Waals surface area contributed by atoms with Crippen LogP contribution in [0, 0.1) is 35.0 Å². The minimum Gasteiger partial charge on any atom is -0.390 e. The quantitative estimate of drug-likeness (QED) is 0.659. The summed E-state index contributed by atoms with van der Waals surface area (Å²) in [6, 6.07) is 0. The van der Waals surface area contributed by atoms with Crippen LogP contribution in [0.15, 0.2) is 11.6 Å². The predicted octanol–water partition coefficient (Wildman–Crippen LogP) is 5.19. The van der Waals surface area contributed by atoms with Gasteiger partial charge in [-0.2, -0.15) is 0 Å². The Morgan fingerprint density at radius 3 is 2.52 bits per heavy atom. The number of allylic oxidation sites excluding steroid dienone is 2. The van der Waals surface area contributed by atoms with Gasteiger partial charge in [0.05, 0.1) is 5.60 Å². The fourth-order valence-corrected chi connectivity index (χ4v) is 6.05. The Hall–Kier alpha value is -0.300. The summed E-state index contributed by atoms with van der Waals surface area (Å²) in [4.78, 5) is 0. The largest absolute Gasteiger partial charge is 0.390 e. The third-order valence-electron chi connectivity index (χ3n) is 7.53. The first-order valence-electron chi connectivity index (χ1n) is 9.13. The van der Waals surface area contributed by atoms with E-state index in [2.05, 4.69) is 40.7 Å². The van der Waals surface area contributed by atoms with Gasteiger partial charge in [-0.15, -0.1) is 0 Å². The van der Waals surface area contributed by atoms with E-state index in [4.69, 9.17) is 0 Å². The maximum atomic E-state index is 10.9. The van der Waals surface area contributed by atoms with E-state index in [0.29, 0.717) is 17.3 Å². The maximum absolute atomic E-state index is 10.9. The van der Waals surface area contributed by atoms with Gasteiger partial charge in [0.1, 0.15) is 0 Å². The summed E-state index contributed by atoms with van der Waals surface area (Å²) in [5.41, 5.74) is 1.57. The molecule has 6 unspecified atom stereocenters. The molecule has 0 amide bonds. The zero-order chi connectivity index (χ0) is 15.4. The highest BCUT2D eigenvalue weighted by Gasteiger charge is 2.53. The van der Waals surface area contributed by atoms with Crippen LogP contribution in [0.2, 0.25) is 0 Å². The van der Waals surface area contributed by atoms with Crippen molar-refractivity contribution < 1.29 is 5.11 Å². The molecule has 1 nitrogen and oxygen atoms in total. The van der Waals surface area contributed by atoms with Crippen LogP contribution in [0.5, 0.6) is 0 Å². The smallest absolute Gasteiger partial charge is 0.0653 e. The van der Waals surface area contributed by atoms with Gasteiger partial charge in [-0.05, 0) is 87.4 Å². The first-order chi connectivity index (χ1) is 9.74. The minimum absolute atomic E-state index is 0.444. The topological polar surface area (TPSA) is 20.2 Å². The maximum Gasteiger partial charge on any atom is 0.0653 e. The van der Waals surface area contributed by atoms with E-state index >= 15 is 0 Å². The molecule has 0 aliphatic heterocycles. The zero-order valence-electron chi connectivity index (χ0n) is 14.7. The summed E-state index contributed by atoms with van der Waals surface area (Å²) in [6.45, 7) is 11.8. The van der Waals surface area contributed by atoms with E-state index in [0.717, 1.165) is 24.2 Å². The third kappa shape index (κ3) is 2.50. The van der Waals surface area contributed by atoms with E-state index in [1.54, 1.807) is 5.57 Å². The second kappa shape index (κ2) is 5.11. The van der Waals surface area contributed by atoms with E-state index in [9.17, 15) is 5.11 Å². The Kier molecular flexibility index (Phi) is 3.80. The molecular formula is C20H34O. The molecule has 0 aromatic rings. The lowest BCUT2D eigenvalue weighted by molar-refractivity contribution is -0.0180. The molecule has 0 aromatic carbocycles. The van der Waals surface area contributed by atoms with E-state index in [1.807, 2.05) is 0 Å². The summed E-state index contributed by atoms with van der Waals surface area (Å²) in [6.07, 6.45) is 10.00. The Labute approximate surface area is 131 Å². The van der Waals surface area contributed by atoms with Crippen LogP contribution in [-0.4, -0.2) is 10.7 Å². The molecule has 6 atom stereocenters. The van der Waals surface area contributed by atoms with Gasteiger partial charge >= 0.3 is 0 Å². The van der Waals surface area contributed by atoms with Gasteiger partial charge in [0, 0.05) is 0 Å². The van der Waals surface area contributed by atoms with Crippen molar-refractivity contribution >= 4 is 0 Å². The zero-order valence-corrected chi connectivity index (χ0v) is 14.7. The monoisotopic (exact) mass is 290 g/mol. The molecule has 3 aliphatic carbocycles. The fraction of sp³-hybridized carbons (Fsp3) is 0.900. The number of hydrogen-bond acceptors (Lipinski definition) is 1. The SMILES string of the molecule is C/C1=C/CC2C(C(C)C)CCC2(C)CC2C1CCC2(C)O. The van der Waals surface area contributed by atoms with Gasteiger partial charge in [0.2, 0.25) is 0 Å². The lowest BCUT2D eigenvalue weighted by Gasteiger charge is -2.43. The molecular weight excluding hydrogens is 256 g/mol. The third-order valence-corrected chi connectivity index (χ3v) is 7.53. The van der Waals surface area contributed by atoms with Crippen LogP contribution < -0.4 is 0 Å². The molecule has 0 saturated heterocycles. The van der Waals surface area contributed by atoms with Crippen LogP contribution >= 0.6 is 0 Å². The number of aliphatic hydroxyl groups is 1. The second-order valence-corrected chi connectivity index (χ2v) is 9.20. The van der Waals surface area contributed by atoms with Gasteiger partial charge < -0.3 is 5.11 Å². The normalized spacial score (nSPS) is 52.8.